The molecule has 1 saturated carbocycles. The van der Waals surface area contributed by atoms with E-state index in [0.29, 0.717) is 36.3 Å². The molecule has 1 saturated heterocycles. The molecule has 2 aromatic rings. The monoisotopic (exact) mass is 587 g/mol. The van der Waals surface area contributed by atoms with E-state index in [0.717, 1.165) is 53.7 Å². The van der Waals surface area contributed by atoms with Gasteiger partial charge in [0.25, 0.3) is 11.8 Å². The van der Waals surface area contributed by atoms with Crippen LogP contribution < -0.4 is 5.32 Å². The maximum atomic E-state index is 13.7. The molecule has 222 valence electrons. The lowest BCUT2D eigenvalue weighted by Crippen LogP contribution is -2.57. The minimum Gasteiger partial charge on any atom is -0.351 e. The smallest absolute Gasteiger partial charge is 0.345 e. The summed E-state index contributed by atoms with van der Waals surface area (Å²) in [4.78, 5) is 38.2. The minimum atomic E-state index is -2.71. The van der Waals surface area contributed by atoms with Crippen LogP contribution in [0, 0.1) is 18.8 Å². The summed E-state index contributed by atoms with van der Waals surface area (Å²) in [6, 6.07) is 4.38. The number of carbonyl (C=O) groups is 2. The third-order valence-electron chi connectivity index (χ3n) is 8.94. The molecule has 0 bridgehead atoms. The van der Waals surface area contributed by atoms with Crippen molar-refractivity contribution in [2.75, 3.05) is 25.9 Å². The highest BCUT2D eigenvalue weighted by Gasteiger charge is 2.38. The molecule has 1 N–H and O–H groups in total. The van der Waals surface area contributed by atoms with Crippen LogP contribution in [0.15, 0.2) is 34.3 Å². The van der Waals surface area contributed by atoms with Crippen molar-refractivity contribution in [2.24, 2.45) is 16.8 Å². The number of carbonyl (C=O) groups excluding carboxylic acids is 2. The molecular formula is C30H39F2N5O3S. The van der Waals surface area contributed by atoms with Crippen LogP contribution in [0.4, 0.5) is 8.78 Å². The second-order valence-electron chi connectivity index (χ2n) is 11.3. The van der Waals surface area contributed by atoms with E-state index in [-0.39, 0.29) is 30.5 Å². The van der Waals surface area contributed by atoms with Crippen LogP contribution in [-0.2, 0) is 9.53 Å². The number of hydrogen-bond acceptors (Lipinski definition) is 6. The molecule has 41 heavy (non-hydrogen) atoms. The molecule has 2 amide bonds. The summed E-state index contributed by atoms with van der Waals surface area (Å²) in [6.45, 7) is 4.60. The van der Waals surface area contributed by atoms with Crippen LogP contribution in [-0.4, -0.2) is 76.6 Å². The van der Waals surface area contributed by atoms with Gasteiger partial charge < -0.3 is 14.6 Å². The number of pyridine rings is 1. The molecule has 3 aliphatic rings. The summed E-state index contributed by atoms with van der Waals surface area (Å²) < 4.78 is 31.9. The second-order valence-corrected chi connectivity index (χ2v) is 12.2. The lowest BCUT2D eigenvalue weighted by atomic mass is 9.79. The molecule has 11 heteroatoms. The van der Waals surface area contributed by atoms with Crippen LogP contribution >= 0.6 is 11.8 Å². The molecule has 0 spiro atoms. The summed E-state index contributed by atoms with van der Waals surface area (Å²) >= 11 is 1.51. The number of nitrogens with one attached hydrogen (secondary N) is 1. The topological polar surface area (TPSA) is 88.8 Å². The standard InChI is InChI=1S/C30H39F2N5O3S/c1-5-24(19-8-10-20(11-9-19)36-15-21(16-36)40-30(31)32)37-18(3)26(22-7-6-12-33-27(22)37)29(39)34-14-23-25(41-4)13-17(2)35-28(23)38/h6-7,12-13,19-21,23-24,30H,5,8-11,14-16H2,1-4H3,(H,34,39)/t19?,20?,23?,24-/m0/s1. The first-order valence-corrected chi connectivity index (χ1v) is 15.7. The first kappa shape index (κ1) is 29.8. The SMILES string of the molecule is CC[C@@H](C1CCC(N2CC(OC(F)F)C2)CC1)n1c(C)c(C(=O)NCC2C(=O)N=C(C)C=C2SC)c2cccnc21. The number of thioether (sulfide) groups is 1. The van der Waals surface area contributed by atoms with Gasteiger partial charge in [-0.05, 0) is 76.3 Å². The molecule has 0 aromatic carbocycles. The highest BCUT2D eigenvalue weighted by Crippen LogP contribution is 2.41. The first-order valence-electron chi connectivity index (χ1n) is 14.5. The Morgan fingerprint density at radius 3 is 2.61 bits per heavy atom. The van der Waals surface area contributed by atoms with Crippen LogP contribution in [0.1, 0.15) is 68.0 Å². The van der Waals surface area contributed by atoms with Crippen LogP contribution in [0.2, 0.25) is 0 Å². The number of ether oxygens (including phenoxy) is 1. The van der Waals surface area contributed by atoms with E-state index < -0.39 is 12.5 Å². The molecule has 2 aliphatic heterocycles. The average molecular weight is 588 g/mol. The van der Waals surface area contributed by atoms with E-state index in [4.69, 9.17) is 4.98 Å². The van der Waals surface area contributed by atoms with Crippen LogP contribution in [0.5, 0.6) is 0 Å². The first-order chi connectivity index (χ1) is 19.7. The lowest BCUT2D eigenvalue weighted by molar-refractivity contribution is -0.202. The molecule has 1 aliphatic carbocycles. The number of dihydropyridines is 1. The fourth-order valence-corrected chi connectivity index (χ4v) is 7.67. The Morgan fingerprint density at radius 2 is 1.95 bits per heavy atom. The Hall–Kier alpha value is -2.63. The summed E-state index contributed by atoms with van der Waals surface area (Å²) in [5, 5.41) is 3.83. The quantitative estimate of drug-likeness (QED) is 0.402. The number of aliphatic imine (C=N–C) groups is 1. The van der Waals surface area contributed by atoms with Gasteiger partial charge in [-0.3, -0.25) is 14.5 Å². The average Bonchev–Trinajstić information content (AvgIpc) is 3.22. The molecule has 5 rings (SSSR count). The summed E-state index contributed by atoms with van der Waals surface area (Å²) in [5.41, 5.74) is 2.96. The largest absolute Gasteiger partial charge is 0.351 e. The van der Waals surface area contributed by atoms with Crippen molar-refractivity contribution >= 4 is 40.3 Å². The molecule has 0 radical (unpaired) electrons. The van der Waals surface area contributed by atoms with Gasteiger partial charge in [0.2, 0.25) is 0 Å². The van der Waals surface area contributed by atoms with E-state index in [9.17, 15) is 18.4 Å². The minimum absolute atomic E-state index is 0.185. The molecule has 1 unspecified atom stereocenters. The predicted molar refractivity (Wildman–Crippen MR) is 158 cm³/mol. The van der Waals surface area contributed by atoms with Gasteiger partial charge in [0.15, 0.2) is 0 Å². The Bertz CT molecular complexity index is 1350. The van der Waals surface area contributed by atoms with Crippen molar-refractivity contribution in [3.8, 4) is 0 Å². The normalized spacial score (nSPS) is 24.8. The number of nitrogens with zero attached hydrogens (tertiary/aromatic N) is 4. The van der Waals surface area contributed by atoms with E-state index in [2.05, 4.69) is 31.4 Å². The molecule has 8 nitrogen and oxygen atoms in total. The third kappa shape index (κ3) is 6.12. The molecule has 2 aromatic heterocycles. The second kappa shape index (κ2) is 12.7. The number of likely N-dealkylation sites (tertiary alicyclic amines) is 1. The maximum Gasteiger partial charge on any atom is 0.345 e. The number of allylic oxidation sites excluding steroid dienone is 1. The van der Waals surface area contributed by atoms with Crippen molar-refractivity contribution in [3.05, 3.63) is 40.6 Å². The number of alkyl halides is 2. The Labute approximate surface area is 244 Å². The number of rotatable bonds is 10. The van der Waals surface area contributed by atoms with Crippen LogP contribution in [0.25, 0.3) is 11.0 Å². The van der Waals surface area contributed by atoms with Gasteiger partial charge in [-0.15, -0.1) is 11.8 Å². The highest BCUT2D eigenvalue weighted by atomic mass is 32.2. The lowest BCUT2D eigenvalue weighted by Gasteiger charge is -2.47. The van der Waals surface area contributed by atoms with E-state index in [1.165, 1.54) is 11.8 Å². The highest BCUT2D eigenvalue weighted by molar-refractivity contribution is 8.02. The van der Waals surface area contributed by atoms with Gasteiger partial charge in [-0.1, -0.05) is 6.92 Å². The summed E-state index contributed by atoms with van der Waals surface area (Å²) in [6.07, 6.45) is 10.2. The van der Waals surface area contributed by atoms with Crippen molar-refractivity contribution in [3.63, 3.8) is 0 Å². The third-order valence-corrected chi connectivity index (χ3v) is 9.81. The number of aromatic nitrogens is 2. The number of fused-ring (bicyclic) bond motifs is 1. The number of amides is 2. The van der Waals surface area contributed by atoms with Gasteiger partial charge in [-0.25, -0.2) is 9.98 Å². The Kier molecular flexibility index (Phi) is 9.25. The molecule has 2 fully saturated rings. The van der Waals surface area contributed by atoms with Gasteiger partial charge in [0.1, 0.15) is 5.65 Å². The van der Waals surface area contributed by atoms with Gasteiger partial charge in [0.05, 0.1) is 17.6 Å². The zero-order valence-electron chi connectivity index (χ0n) is 24.1. The zero-order valence-corrected chi connectivity index (χ0v) is 24.9. The summed E-state index contributed by atoms with van der Waals surface area (Å²) in [7, 11) is 0. The number of halogens is 2. The Morgan fingerprint density at radius 1 is 1.22 bits per heavy atom. The van der Waals surface area contributed by atoms with Crippen molar-refractivity contribution in [1.82, 2.24) is 19.8 Å². The molecular weight excluding hydrogens is 548 g/mol. The molecule has 4 heterocycles. The fourth-order valence-electron chi connectivity index (χ4n) is 6.91. The number of hydrogen-bond donors (Lipinski definition) is 1. The van der Waals surface area contributed by atoms with E-state index in [1.54, 1.807) is 13.1 Å². The van der Waals surface area contributed by atoms with Gasteiger partial charge in [0, 0.05) is 59.6 Å². The van der Waals surface area contributed by atoms with Crippen molar-refractivity contribution in [1.29, 1.82) is 0 Å². The van der Waals surface area contributed by atoms with E-state index >= 15 is 0 Å². The molecule has 2 atom stereocenters. The fraction of sp³-hybridized carbons (Fsp3) is 0.600. The van der Waals surface area contributed by atoms with Crippen molar-refractivity contribution in [2.45, 2.75) is 77.7 Å². The van der Waals surface area contributed by atoms with Crippen molar-refractivity contribution < 1.29 is 23.1 Å². The Balaban J connectivity index is 1.30. The van der Waals surface area contributed by atoms with E-state index in [1.807, 2.05) is 31.4 Å². The van der Waals surface area contributed by atoms with Gasteiger partial charge in [-0.2, -0.15) is 8.78 Å². The van der Waals surface area contributed by atoms with Gasteiger partial charge >= 0.3 is 6.61 Å². The summed E-state index contributed by atoms with van der Waals surface area (Å²) in [5.74, 6) is -0.497. The maximum absolute atomic E-state index is 13.7. The predicted octanol–water partition coefficient (Wildman–Crippen LogP) is 5.37. The van der Waals surface area contributed by atoms with Crippen LogP contribution in [0.3, 0.4) is 0 Å². The zero-order chi connectivity index (χ0) is 29.3.